The lowest BCUT2D eigenvalue weighted by molar-refractivity contribution is -0.125. The molecular formula is C11H23ClN2O3. The van der Waals surface area contributed by atoms with Crippen LogP contribution in [0.1, 0.15) is 12.8 Å². The Morgan fingerprint density at radius 2 is 2.06 bits per heavy atom. The van der Waals surface area contributed by atoms with Gasteiger partial charge in [-0.05, 0) is 18.8 Å². The molecule has 102 valence electrons. The molecular weight excluding hydrogens is 244 g/mol. The lowest BCUT2D eigenvalue weighted by atomic mass is 10.5. The molecule has 0 aromatic rings. The molecule has 1 rings (SSSR count). The number of rotatable bonds is 10. The highest BCUT2D eigenvalue weighted by molar-refractivity contribution is 5.85. The number of ether oxygens (including phenoxy) is 2. The number of carbonyl (C=O) groups is 1. The van der Waals surface area contributed by atoms with Gasteiger partial charge in [0.2, 0.25) is 5.91 Å². The van der Waals surface area contributed by atoms with E-state index >= 15 is 0 Å². The van der Waals surface area contributed by atoms with Gasteiger partial charge in [0.15, 0.2) is 0 Å². The largest absolute Gasteiger partial charge is 0.383 e. The van der Waals surface area contributed by atoms with Gasteiger partial charge in [0.05, 0.1) is 13.2 Å². The molecule has 0 aromatic heterocycles. The molecule has 0 unspecified atom stereocenters. The number of methoxy groups -OCH3 is 1. The first-order chi connectivity index (χ1) is 7.83. The van der Waals surface area contributed by atoms with Crippen molar-refractivity contribution in [3.05, 3.63) is 0 Å². The first kappa shape index (κ1) is 16.6. The van der Waals surface area contributed by atoms with Crippen molar-refractivity contribution in [2.75, 3.05) is 46.6 Å². The maximum absolute atomic E-state index is 11.2. The van der Waals surface area contributed by atoms with Crippen molar-refractivity contribution in [2.24, 2.45) is 5.92 Å². The van der Waals surface area contributed by atoms with Crippen LogP contribution in [-0.4, -0.2) is 52.5 Å². The van der Waals surface area contributed by atoms with Gasteiger partial charge < -0.3 is 20.1 Å². The number of halogens is 1. The molecule has 0 saturated heterocycles. The number of hydrogen-bond donors (Lipinski definition) is 2. The second kappa shape index (κ2) is 10.8. The molecule has 0 spiro atoms. The highest BCUT2D eigenvalue weighted by atomic mass is 35.5. The summed E-state index contributed by atoms with van der Waals surface area (Å²) in [6.45, 7) is 3.82. The van der Waals surface area contributed by atoms with Crippen molar-refractivity contribution in [3.8, 4) is 0 Å². The second-order valence-electron chi connectivity index (χ2n) is 4.05. The Morgan fingerprint density at radius 3 is 2.71 bits per heavy atom. The lowest BCUT2D eigenvalue weighted by Crippen LogP contribution is -2.35. The van der Waals surface area contributed by atoms with Gasteiger partial charge in [0, 0.05) is 26.7 Å². The van der Waals surface area contributed by atoms with Crippen LogP contribution in [-0.2, 0) is 14.3 Å². The zero-order valence-corrected chi connectivity index (χ0v) is 11.2. The molecule has 1 aliphatic carbocycles. The van der Waals surface area contributed by atoms with Gasteiger partial charge >= 0.3 is 0 Å². The molecule has 6 heteroatoms. The fourth-order valence-electron chi connectivity index (χ4n) is 1.24. The topological polar surface area (TPSA) is 59.6 Å². The molecule has 0 radical (unpaired) electrons. The minimum atomic E-state index is -0.0332. The second-order valence-corrected chi connectivity index (χ2v) is 4.05. The highest BCUT2D eigenvalue weighted by Gasteiger charge is 2.21. The van der Waals surface area contributed by atoms with Crippen LogP contribution < -0.4 is 10.6 Å². The predicted octanol–water partition coefficient (Wildman–Crippen LogP) is 0.187. The Bertz CT molecular complexity index is 201. The average Bonchev–Trinajstić information content (AvgIpc) is 3.07. The monoisotopic (exact) mass is 266 g/mol. The lowest BCUT2D eigenvalue weighted by Gasteiger charge is -2.06. The maximum Gasteiger partial charge on any atom is 0.246 e. The Hall–Kier alpha value is -0.360. The van der Waals surface area contributed by atoms with Crippen LogP contribution in [0.25, 0.3) is 0 Å². The van der Waals surface area contributed by atoms with Crippen molar-refractivity contribution < 1.29 is 14.3 Å². The summed E-state index contributed by atoms with van der Waals surface area (Å²) in [6, 6.07) is 0. The smallest absolute Gasteiger partial charge is 0.246 e. The predicted molar refractivity (Wildman–Crippen MR) is 68.5 cm³/mol. The summed E-state index contributed by atoms with van der Waals surface area (Å²) in [5.74, 6) is 0.678. The molecule has 1 amide bonds. The van der Waals surface area contributed by atoms with Gasteiger partial charge in [0.1, 0.15) is 6.61 Å². The molecule has 0 bridgehead atoms. The molecule has 17 heavy (non-hydrogen) atoms. The van der Waals surface area contributed by atoms with E-state index in [-0.39, 0.29) is 24.9 Å². The van der Waals surface area contributed by atoms with Crippen LogP contribution in [0, 0.1) is 5.92 Å². The highest BCUT2D eigenvalue weighted by Crippen LogP contribution is 2.28. The normalized spacial score (nSPS) is 14.2. The molecule has 1 saturated carbocycles. The van der Waals surface area contributed by atoms with Gasteiger partial charge in [-0.15, -0.1) is 12.4 Å². The standard InChI is InChI=1S/C11H22N2O3.ClH/c1-15-7-6-12-4-5-13-11(14)9-16-8-10-2-3-10;/h10,12H,2-9H2,1H3,(H,13,14);1H. The summed E-state index contributed by atoms with van der Waals surface area (Å²) < 4.78 is 10.1. The van der Waals surface area contributed by atoms with Gasteiger partial charge in [-0.3, -0.25) is 4.79 Å². The van der Waals surface area contributed by atoms with Crippen molar-refractivity contribution in [1.29, 1.82) is 0 Å². The quantitative estimate of drug-likeness (QED) is 0.554. The Kier molecular flexibility index (Phi) is 10.5. The van der Waals surface area contributed by atoms with E-state index in [4.69, 9.17) is 9.47 Å². The number of amides is 1. The fraction of sp³-hybridized carbons (Fsp3) is 0.909. The Labute approximate surface area is 109 Å². The van der Waals surface area contributed by atoms with Crippen molar-refractivity contribution in [3.63, 3.8) is 0 Å². The minimum Gasteiger partial charge on any atom is -0.383 e. The zero-order valence-electron chi connectivity index (χ0n) is 10.4. The van der Waals surface area contributed by atoms with Crippen LogP contribution in [0.3, 0.4) is 0 Å². The Morgan fingerprint density at radius 1 is 1.29 bits per heavy atom. The van der Waals surface area contributed by atoms with Crippen LogP contribution in [0.4, 0.5) is 0 Å². The molecule has 5 nitrogen and oxygen atoms in total. The van der Waals surface area contributed by atoms with E-state index in [1.165, 1.54) is 12.8 Å². The summed E-state index contributed by atoms with van der Waals surface area (Å²) in [6.07, 6.45) is 2.51. The van der Waals surface area contributed by atoms with Crippen LogP contribution in [0.2, 0.25) is 0 Å². The fourth-order valence-corrected chi connectivity index (χ4v) is 1.24. The first-order valence-electron chi connectivity index (χ1n) is 5.87. The van der Waals surface area contributed by atoms with Crippen molar-refractivity contribution in [1.82, 2.24) is 10.6 Å². The Balaban J connectivity index is 0.00000256. The van der Waals surface area contributed by atoms with Crippen LogP contribution >= 0.6 is 12.4 Å². The van der Waals surface area contributed by atoms with E-state index < -0.39 is 0 Å². The summed E-state index contributed by atoms with van der Waals surface area (Å²) in [7, 11) is 1.67. The third-order valence-corrected chi connectivity index (χ3v) is 2.39. The molecule has 1 fully saturated rings. The van der Waals surface area contributed by atoms with E-state index in [0.29, 0.717) is 19.1 Å². The first-order valence-corrected chi connectivity index (χ1v) is 5.87. The van der Waals surface area contributed by atoms with Gasteiger partial charge in [-0.2, -0.15) is 0 Å². The number of carbonyl (C=O) groups excluding carboxylic acids is 1. The van der Waals surface area contributed by atoms with Gasteiger partial charge in [0.25, 0.3) is 0 Å². The SMILES string of the molecule is COCCNCCNC(=O)COCC1CC1.Cl. The van der Waals surface area contributed by atoms with Crippen LogP contribution in [0.5, 0.6) is 0 Å². The molecule has 0 atom stereocenters. The van der Waals surface area contributed by atoms with E-state index in [1.54, 1.807) is 7.11 Å². The van der Waals surface area contributed by atoms with Crippen LogP contribution in [0.15, 0.2) is 0 Å². The number of hydrogen-bond acceptors (Lipinski definition) is 4. The van der Waals surface area contributed by atoms with Crippen molar-refractivity contribution in [2.45, 2.75) is 12.8 Å². The molecule has 0 aliphatic heterocycles. The van der Waals surface area contributed by atoms with E-state index in [1.807, 2.05) is 0 Å². The average molecular weight is 267 g/mol. The summed E-state index contributed by atoms with van der Waals surface area (Å²) >= 11 is 0. The molecule has 0 heterocycles. The third-order valence-electron chi connectivity index (χ3n) is 2.39. The number of nitrogens with one attached hydrogen (secondary N) is 2. The summed E-state index contributed by atoms with van der Waals surface area (Å²) in [5, 5.41) is 5.93. The van der Waals surface area contributed by atoms with E-state index in [2.05, 4.69) is 10.6 Å². The summed E-state index contributed by atoms with van der Waals surface area (Å²) in [4.78, 5) is 11.2. The van der Waals surface area contributed by atoms with Crippen molar-refractivity contribution >= 4 is 18.3 Å². The molecule has 2 N–H and O–H groups in total. The molecule has 1 aliphatic rings. The van der Waals surface area contributed by atoms with Gasteiger partial charge in [-0.25, -0.2) is 0 Å². The van der Waals surface area contributed by atoms with Gasteiger partial charge in [-0.1, -0.05) is 0 Å². The minimum absolute atomic E-state index is 0. The van der Waals surface area contributed by atoms with E-state index in [0.717, 1.165) is 19.7 Å². The summed E-state index contributed by atoms with van der Waals surface area (Å²) in [5.41, 5.74) is 0. The maximum atomic E-state index is 11.2. The zero-order chi connectivity index (χ0) is 11.6. The van der Waals surface area contributed by atoms with E-state index in [9.17, 15) is 4.79 Å². The third kappa shape index (κ3) is 10.5. The molecule has 0 aromatic carbocycles.